The lowest BCUT2D eigenvalue weighted by atomic mass is 9.93. The summed E-state index contributed by atoms with van der Waals surface area (Å²) < 4.78 is 37.6. The Morgan fingerprint density at radius 3 is 2.76 bits per heavy atom. The van der Waals surface area contributed by atoms with Crippen molar-refractivity contribution in [2.75, 3.05) is 24.5 Å². The van der Waals surface area contributed by atoms with Crippen molar-refractivity contribution in [3.8, 4) is 0 Å². The molecule has 1 N–H and O–H groups in total. The molecule has 0 atom stereocenters. The lowest BCUT2D eigenvalue weighted by Gasteiger charge is -2.32. The summed E-state index contributed by atoms with van der Waals surface area (Å²) in [5.41, 5.74) is 0. The second kappa shape index (κ2) is 7.28. The molecule has 0 saturated carbocycles. The number of alkyl halides is 2. The quantitative estimate of drug-likeness (QED) is 0.907. The SMILES string of the molecule is O=C(CC1CCN(c2ncccc2F)CC1)NCC(F)F. The molecular formula is C14H18F3N3O. The molecule has 116 valence electrons. The minimum absolute atomic E-state index is 0.144. The molecule has 1 aliphatic rings. The lowest BCUT2D eigenvalue weighted by molar-refractivity contribution is -0.122. The molecule has 0 bridgehead atoms. The van der Waals surface area contributed by atoms with E-state index in [0.717, 1.165) is 12.8 Å². The molecular weight excluding hydrogens is 283 g/mol. The Hall–Kier alpha value is -1.79. The largest absolute Gasteiger partial charge is 0.354 e. The van der Waals surface area contributed by atoms with Gasteiger partial charge in [-0.05, 0) is 30.9 Å². The van der Waals surface area contributed by atoms with Gasteiger partial charge in [-0.25, -0.2) is 18.2 Å². The first-order chi connectivity index (χ1) is 10.1. The second-order valence-corrected chi connectivity index (χ2v) is 5.14. The fourth-order valence-electron chi connectivity index (χ4n) is 2.48. The number of nitrogens with zero attached hydrogens (tertiary/aromatic N) is 2. The Kier molecular flexibility index (Phi) is 5.41. The number of rotatable bonds is 5. The van der Waals surface area contributed by atoms with Crippen LogP contribution >= 0.6 is 0 Å². The molecule has 1 amide bonds. The van der Waals surface area contributed by atoms with Gasteiger partial charge in [0.25, 0.3) is 6.43 Å². The number of anilines is 1. The van der Waals surface area contributed by atoms with E-state index in [4.69, 9.17) is 0 Å². The molecule has 0 aromatic carbocycles. The molecule has 1 fully saturated rings. The maximum absolute atomic E-state index is 13.6. The van der Waals surface area contributed by atoms with Gasteiger partial charge in [0.2, 0.25) is 5.91 Å². The van der Waals surface area contributed by atoms with Crippen LogP contribution in [-0.4, -0.2) is 37.0 Å². The van der Waals surface area contributed by atoms with Crippen molar-refractivity contribution in [2.45, 2.75) is 25.7 Å². The number of hydrogen-bond donors (Lipinski definition) is 1. The molecule has 1 aromatic heterocycles. The van der Waals surface area contributed by atoms with Crippen LogP contribution in [-0.2, 0) is 4.79 Å². The van der Waals surface area contributed by atoms with Crippen LogP contribution in [0.25, 0.3) is 0 Å². The average molecular weight is 301 g/mol. The van der Waals surface area contributed by atoms with Crippen LogP contribution < -0.4 is 10.2 Å². The normalized spacial score (nSPS) is 16.3. The standard InChI is InChI=1S/C14H18F3N3O/c15-11-2-1-5-18-14(11)20-6-3-10(4-7-20)8-13(21)19-9-12(16)17/h1-2,5,10,12H,3-4,6-9H2,(H,19,21). The molecule has 0 unspecified atom stereocenters. The molecule has 21 heavy (non-hydrogen) atoms. The maximum Gasteiger partial charge on any atom is 0.255 e. The third-order valence-corrected chi connectivity index (χ3v) is 3.58. The number of pyridine rings is 1. The molecule has 2 rings (SSSR count). The summed E-state index contributed by atoms with van der Waals surface area (Å²) in [6.45, 7) is 0.623. The predicted molar refractivity (Wildman–Crippen MR) is 72.8 cm³/mol. The summed E-state index contributed by atoms with van der Waals surface area (Å²) in [4.78, 5) is 17.4. The van der Waals surface area contributed by atoms with Crippen LogP contribution in [0.1, 0.15) is 19.3 Å². The van der Waals surface area contributed by atoms with Gasteiger partial charge in [-0.15, -0.1) is 0 Å². The van der Waals surface area contributed by atoms with E-state index in [2.05, 4.69) is 10.3 Å². The Morgan fingerprint density at radius 2 is 2.14 bits per heavy atom. The highest BCUT2D eigenvalue weighted by Gasteiger charge is 2.23. The number of halogens is 3. The van der Waals surface area contributed by atoms with Crippen LogP contribution in [0.15, 0.2) is 18.3 Å². The van der Waals surface area contributed by atoms with Gasteiger partial charge in [-0.1, -0.05) is 0 Å². The zero-order valence-electron chi connectivity index (χ0n) is 11.6. The van der Waals surface area contributed by atoms with Crippen LogP contribution in [0.3, 0.4) is 0 Å². The molecule has 2 heterocycles. The van der Waals surface area contributed by atoms with Gasteiger partial charge in [0.1, 0.15) is 0 Å². The van der Waals surface area contributed by atoms with Crippen LogP contribution in [0.4, 0.5) is 19.0 Å². The lowest BCUT2D eigenvalue weighted by Crippen LogP contribution is -2.37. The highest BCUT2D eigenvalue weighted by atomic mass is 19.3. The Morgan fingerprint density at radius 1 is 1.43 bits per heavy atom. The van der Waals surface area contributed by atoms with Gasteiger partial charge >= 0.3 is 0 Å². The van der Waals surface area contributed by atoms with Gasteiger partial charge in [0.05, 0.1) is 6.54 Å². The maximum atomic E-state index is 13.6. The number of hydrogen-bond acceptors (Lipinski definition) is 3. The van der Waals surface area contributed by atoms with E-state index >= 15 is 0 Å². The number of aromatic nitrogens is 1. The number of carbonyl (C=O) groups excluding carboxylic acids is 1. The monoisotopic (exact) mass is 301 g/mol. The summed E-state index contributed by atoms with van der Waals surface area (Å²) in [6, 6.07) is 2.91. The first kappa shape index (κ1) is 15.6. The number of nitrogens with one attached hydrogen (secondary N) is 1. The fourth-order valence-corrected chi connectivity index (χ4v) is 2.48. The molecule has 7 heteroatoms. The minimum atomic E-state index is -2.53. The number of carbonyl (C=O) groups is 1. The summed E-state index contributed by atoms with van der Waals surface area (Å²) >= 11 is 0. The highest BCUT2D eigenvalue weighted by molar-refractivity contribution is 5.76. The predicted octanol–water partition coefficient (Wildman–Crippen LogP) is 2.21. The smallest absolute Gasteiger partial charge is 0.255 e. The molecule has 0 radical (unpaired) electrons. The third kappa shape index (κ3) is 4.61. The number of amides is 1. The fraction of sp³-hybridized carbons (Fsp3) is 0.571. The van der Waals surface area contributed by atoms with Crippen molar-refractivity contribution in [3.05, 3.63) is 24.1 Å². The van der Waals surface area contributed by atoms with Crippen molar-refractivity contribution >= 4 is 11.7 Å². The van der Waals surface area contributed by atoms with Crippen molar-refractivity contribution in [2.24, 2.45) is 5.92 Å². The van der Waals surface area contributed by atoms with E-state index in [1.54, 1.807) is 12.3 Å². The van der Waals surface area contributed by atoms with E-state index in [-0.39, 0.29) is 24.1 Å². The first-order valence-electron chi connectivity index (χ1n) is 6.96. The number of piperidine rings is 1. The van der Waals surface area contributed by atoms with Crippen LogP contribution in [0.5, 0.6) is 0 Å². The summed E-state index contributed by atoms with van der Waals surface area (Å²) in [6.07, 6.45) is 0.701. The zero-order valence-corrected chi connectivity index (χ0v) is 11.6. The zero-order chi connectivity index (χ0) is 15.2. The van der Waals surface area contributed by atoms with E-state index < -0.39 is 13.0 Å². The Labute approximate surface area is 121 Å². The van der Waals surface area contributed by atoms with Gasteiger partial charge in [-0.3, -0.25) is 4.79 Å². The van der Waals surface area contributed by atoms with Gasteiger partial charge in [-0.2, -0.15) is 0 Å². The molecule has 0 aliphatic carbocycles. The second-order valence-electron chi connectivity index (χ2n) is 5.14. The first-order valence-corrected chi connectivity index (χ1v) is 6.96. The van der Waals surface area contributed by atoms with Crippen molar-refractivity contribution < 1.29 is 18.0 Å². The topological polar surface area (TPSA) is 45.2 Å². The Bertz CT molecular complexity index is 476. The summed E-state index contributed by atoms with van der Waals surface area (Å²) in [5.74, 6) is -0.229. The van der Waals surface area contributed by atoms with E-state index in [0.29, 0.717) is 18.9 Å². The molecule has 1 saturated heterocycles. The van der Waals surface area contributed by atoms with Crippen molar-refractivity contribution in [3.63, 3.8) is 0 Å². The molecule has 4 nitrogen and oxygen atoms in total. The Balaban J connectivity index is 1.78. The van der Waals surface area contributed by atoms with Crippen molar-refractivity contribution in [1.29, 1.82) is 0 Å². The summed E-state index contributed by atoms with van der Waals surface area (Å²) in [5, 5.41) is 2.21. The van der Waals surface area contributed by atoms with E-state index in [9.17, 15) is 18.0 Å². The molecule has 1 aromatic rings. The molecule has 1 aliphatic heterocycles. The van der Waals surface area contributed by atoms with Gasteiger partial charge in [0.15, 0.2) is 11.6 Å². The summed E-state index contributed by atoms with van der Waals surface area (Å²) in [7, 11) is 0. The van der Waals surface area contributed by atoms with Crippen LogP contribution in [0, 0.1) is 11.7 Å². The average Bonchev–Trinajstić information content (AvgIpc) is 2.47. The van der Waals surface area contributed by atoms with E-state index in [1.807, 2.05) is 4.90 Å². The van der Waals surface area contributed by atoms with Crippen molar-refractivity contribution in [1.82, 2.24) is 10.3 Å². The van der Waals surface area contributed by atoms with Gasteiger partial charge in [0, 0.05) is 25.7 Å². The molecule has 0 spiro atoms. The highest BCUT2D eigenvalue weighted by Crippen LogP contribution is 2.25. The van der Waals surface area contributed by atoms with Gasteiger partial charge < -0.3 is 10.2 Å². The minimum Gasteiger partial charge on any atom is -0.354 e. The van der Waals surface area contributed by atoms with E-state index in [1.165, 1.54) is 6.07 Å². The van der Waals surface area contributed by atoms with Crippen LogP contribution in [0.2, 0.25) is 0 Å². The third-order valence-electron chi connectivity index (χ3n) is 3.58.